The van der Waals surface area contributed by atoms with E-state index in [9.17, 15) is 4.79 Å². The summed E-state index contributed by atoms with van der Waals surface area (Å²) in [5.41, 5.74) is 3.81. The number of carbonyl (C=O) groups is 1. The Labute approximate surface area is 113 Å². The fourth-order valence-electron chi connectivity index (χ4n) is 2.71. The minimum Gasteiger partial charge on any atom is -0.349 e. The number of amides is 1. The van der Waals surface area contributed by atoms with E-state index in [1.54, 1.807) is 0 Å². The third-order valence-corrected chi connectivity index (χ3v) is 3.67. The number of carbonyl (C=O) groups excluding carboxylic acids is 1. The van der Waals surface area contributed by atoms with Gasteiger partial charge in [0.1, 0.15) is 0 Å². The van der Waals surface area contributed by atoms with Gasteiger partial charge in [-0.05, 0) is 29.5 Å². The molecular weight excluding hydrogens is 234 g/mol. The summed E-state index contributed by atoms with van der Waals surface area (Å²) in [7, 11) is 0. The summed E-state index contributed by atoms with van der Waals surface area (Å²) >= 11 is 0. The molecule has 0 aromatic heterocycles. The van der Waals surface area contributed by atoms with Crippen LogP contribution in [-0.2, 0) is 17.6 Å². The van der Waals surface area contributed by atoms with E-state index in [4.69, 9.17) is 0 Å². The summed E-state index contributed by atoms with van der Waals surface area (Å²) in [6, 6.07) is 18.8. The van der Waals surface area contributed by atoms with E-state index < -0.39 is 0 Å². The maximum atomic E-state index is 11.8. The molecule has 0 fully saturated rings. The standard InChI is InChI=1S/C17H17NO/c19-17-11-10-14-8-4-5-9-15(14)16(18-17)12-13-6-2-1-3-7-13/h1-9,16H,10-12H2,(H,18,19). The highest BCUT2D eigenvalue weighted by Gasteiger charge is 2.21. The largest absolute Gasteiger partial charge is 0.349 e. The van der Waals surface area contributed by atoms with Crippen molar-refractivity contribution < 1.29 is 4.79 Å². The third-order valence-electron chi connectivity index (χ3n) is 3.67. The molecule has 1 aliphatic heterocycles. The Morgan fingerprint density at radius 2 is 1.68 bits per heavy atom. The van der Waals surface area contributed by atoms with E-state index in [1.807, 2.05) is 30.3 Å². The Kier molecular flexibility index (Phi) is 3.32. The molecule has 1 atom stereocenters. The molecule has 0 spiro atoms. The van der Waals surface area contributed by atoms with Gasteiger partial charge in [-0.2, -0.15) is 0 Å². The average molecular weight is 251 g/mol. The summed E-state index contributed by atoms with van der Waals surface area (Å²) in [5, 5.41) is 3.14. The van der Waals surface area contributed by atoms with Gasteiger partial charge in [0.05, 0.1) is 6.04 Å². The number of rotatable bonds is 2. The van der Waals surface area contributed by atoms with Gasteiger partial charge >= 0.3 is 0 Å². The van der Waals surface area contributed by atoms with Gasteiger partial charge in [-0.3, -0.25) is 4.79 Å². The SMILES string of the molecule is O=C1CCc2ccccc2C(Cc2ccccc2)N1. The first kappa shape index (κ1) is 12.0. The second-order valence-corrected chi connectivity index (χ2v) is 5.01. The number of fused-ring (bicyclic) bond motifs is 1. The van der Waals surface area contributed by atoms with Crippen LogP contribution in [0.2, 0.25) is 0 Å². The molecule has 0 saturated carbocycles. The molecule has 2 aromatic rings. The van der Waals surface area contributed by atoms with E-state index in [0.29, 0.717) is 6.42 Å². The second kappa shape index (κ2) is 5.27. The first-order chi connectivity index (χ1) is 9.33. The fourth-order valence-corrected chi connectivity index (χ4v) is 2.71. The smallest absolute Gasteiger partial charge is 0.220 e. The number of hydrogen-bond donors (Lipinski definition) is 1. The number of benzene rings is 2. The Balaban J connectivity index is 1.92. The molecule has 19 heavy (non-hydrogen) atoms. The van der Waals surface area contributed by atoms with Crippen LogP contribution in [0.3, 0.4) is 0 Å². The Morgan fingerprint density at radius 3 is 2.53 bits per heavy atom. The van der Waals surface area contributed by atoms with Crippen LogP contribution in [0, 0.1) is 0 Å². The van der Waals surface area contributed by atoms with Crippen LogP contribution >= 0.6 is 0 Å². The number of hydrogen-bond acceptors (Lipinski definition) is 1. The zero-order chi connectivity index (χ0) is 13.1. The van der Waals surface area contributed by atoms with Crippen molar-refractivity contribution in [2.45, 2.75) is 25.3 Å². The van der Waals surface area contributed by atoms with Crippen LogP contribution in [0.1, 0.15) is 29.2 Å². The van der Waals surface area contributed by atoms with Gasteiger partial charge in [0.25, 0.3) is 0 Å². The maximum Gasteiger partial charge on any atom is 0.220 e. The van der Waals surface area contributed by atoms with Crippen molar-refractivity contribution >= 4 is 5.91 Å². The van der Waals surface area contributed by atoms with Gasteiger partial charge in [-0.15, -0.1) is 0 Å². The van der Waals surface area contributed by atoms with Gasteiger partial charge < -0.3 is 5.32 Å². The highest BCUT2D eigenvalue weighted by atomic mass is 16.1. The molecule has 1 amide bonds. The van der Waals surface area contributed by atoms with Gasteiger partial charge in [-0.1, -0.05) is 54.6 Å². The Hall–Kier alpha value is -2.09. The molecule has 2 aromatic carbocycles. The molecule has 0 radical (unpaired) electrons. The van der Waals surface area contributed by atoms with E-state index >= 15 is 0 Å². The maximum absolute atomic E-state index is 11.8. The van der Waals surface area contributed by atoms with Gasteiger partial charge in [0, 0.05) is 6.42 Å². The first-order valence-corrected chi connectivity index (χ1v) is 6.74. The molecule has 1 unspecified atom stereocenters. The van der Waals surface area contributed by atoms with Crippen LogP contribution in [0.15, 0.2) is 54.6 Å². The number of aryl methyl sites for hydroxylation is 1. The normalized spacial score (nSPS) is 18.3. The molecule has 1 N–H and O–H groups in total. The molecular formula is C17H17NO. The zero-order valence-corrected chi connectivity index (χ0v) is 10.8. The van der Waals surface area contributed by atoms with E-state index in [-0.39, 0.29) is 11.9 Å². The minimum absolute atomic E-state index is 0.0913. The predicted molar refractivity (Wildman–Crippen MR) is 75.8 cm³/mol. The van der Waals surface area contributed by atoms with Crippen molar-refractivity contribution in [3.05, 3.63) is 71.3 Å². The molecule has 0 saturated heterocycles. The summed E-state index contributed by atoms with van der Waals surface area (Å²) in [6.07, 6.45) is 2.28. The van der Waals surface area contributed by atoms with Crippen LogP contribution < -0.4 is 5.32 Å². The van der Waals surface area contributed by atoms with Crippen LogP contribution in [0.5, 0.6) is 0 Å². The van der Waals surface area contributed by atoms with E-state index in [0.717, 1.165) is 12.8 Å². The zero-order valence-electron chi connectivity index (χ0n) is 10.8. The van der Waals surface area contributed by atoms with E-state index in [1.165, 1.54) is 16.7 Å². The molecule has 2 heteroatoms. The van der Waals surface area contributed by atoms with Crippen molar-refractivity contribution in [3.63, 3.8) is 0 Å². The van der Waals surface area contributed by atoms with Crippen molar-refractivity contribution in [2.75, 3.05) is 0 Å². The van der Waals surface area contributed by atoms with Crippen molar-refractivity contribution in [1.82, 2.24) is 5.32 Å². The molecule has 96 valence electrons. The van der Waals surface area contributed by atoms with Crippen LogP contribution in [-0.4, -0.2) is 5.91 Å². The van der Waals surface area contributed by atoms with Gasteiger partial charge in [0.2, 0.25) is 5.91 Å². The van der Waals surface area contributed by atoms with E-state index in [2.05, 4.69) is 29.6 Å². The van der Waals surface area contributed by atoms with Gasteiger partial charge in [0.15, 0.2) is 0 Å². The van der Waals surface area contributed by atoms with Gasteiger partial charge in [-0.25, -0.2) is 0 Å². The molecule has 1 heterocycles. The molecule has 2 nitrogen and oxygen atoms in total. The molecule has 0 aliphatic carbocycles. The summed E-state index contributed by atoms with van der Waals surface area (Å²) in [5.74, 6) is 0.150. The van der Waals surface area contributed by atoms with Crippen molar-refractivity contribution in [1.29, 1.82) is 0 Å². The fraction of sp³-hybridized carbons (Fsp3) is 0.235. The second-order valence-electron chi connectivity index (χ2n) is 5.01. The first-order valence-electron chi connectivity index (χ1n) is 6.74. The monoisotopic (exact) mass is 251 g/mol. The predicted octanol–water partition coefficient (Wildman–Crippen LogP) is 3.03. The average Bonchev–Trinajstić information content (AvgIpc) is 2.60. The third kappa shape index (κ3) is 2.68. The lowest BCUT2D eigenvalue weighted by Gasteiger charge is -2.19. The lowest BCUT2D eigenvalue weighted by molar-refractivity contribution is -0.121. The van der Waals surface area contributed by atoms with Crippen LogP contribution in [0.4, 0.5) is 0 Å². The van der Waals surface area contributed by atoms with Crippen LogP contribution in [0.25, 0.3) is 0 Å². The highest BCUT2D eigenvalue weighted by Crippen LogP contribution is 2.25. The summed E-state index contributed by atoms with van der Waals surface area (Å²) in [6.45, 7) is 0. The summed E-state index contributed by atoms with van der Waals surface area (Å²) < 4.78 is 0. The minimum atomic E-state index is 0.0913. The lowest BCUT2D eigenvalue weighted by atomic mass is 9.94. The Bertz CT molecular complexity index is 577. The Morgan fingerprint density at radius 1 is 0.947 bits per heavy atom. The highest BCUT2D eigenvalue weighted by molar-refractivity contribution is 5.77. The quantitative estimate of drug-likeness (QED) is 0.873. The molecule has 0 bridgehead atoms. The molecule has 1 aliphatic rings. The van der Waals surface area contributed by atoms with Crippen molar-refractivity contribution in [3.8, 4) is 0 Å². The summed E-state index contributed by atoms with van der Waals surface area (Å²) in [4.78, 5) is 11.8. The van der Waals surface area contributed by atoms with Crippen molar-refractivity contribution in [2.24, 2.45) is 0 Å². The molecule has 3 rings (SSSR count). The lowest BCUT2D eigenvalue weighted by Crippen LogP contribution is -2.28. The topological polar surface area (TPSA) is 29.1 Å². The number of nitrogens with one attached hydrogen (secondary N) is 1.